The Bertz CT molecular complexity index is 589. The summed E-state index contributed by atoms with van der Waals surface area (Å²) in [6.45, 7) is 16.5. The van der Waals surface area contributed by atoms with E-state index in [-0.39, 0.29) is 0 Å². The molecular weight excluding hydrogens is 360 g/mol. The second-order valence-electron chi connectivity index (χ2n) is 8.22. The summed E-state index contributed by atoms with van der Waals surface area (Å²) in [5.41, 5.74) is 1.41. The maximum Gasteiger partial charge on any atom is 0.191 e. The van der Waals surface area contributed by atoms with E-state index in [0.717, 1.165) is 45.2 Å². The maximum absolute atomic E-state index is 4.85. The molecule has 2 fully saturated rings. The molecule has 2 saturated heterocycles. The number of hydrogen-bond donors (Lipinski definition) is 2. The Morgan fingerprint density at radius 3 is 2.28 bits per heavy atom. The van der Waals surface area contributed by atoms with Gasteiger partial charge in [0.1, 0.15) is 0 Å². The molecule has 0 spiro atoms. The van der Waals surface area contributed by atoms with E-state index in [4.69, 9.17) is 4.99 Å². The van der Waals surface area contributed by atoms with Crippen LogP contribution in [0.3, 0.4) is 0 Å². The number of guanidine groups is 1. The van der Waals surface area contributed by atoms with Gasteiger partial charge in [-0.1, -0.05) is 37.3 Å². The van der Waals surface area contributed by atoms with Crippen LogP contribution < -0.4 is 10.6 Å². The van der Waals surface area contributed by atoms with E-state index in [1.807, 2.05) is 0 Å². The molecule has 3 rings (SSSR count). The topological polar surface area (TPSA) is 46.1 Å². The third kappa shape index (κ3) is 7.61. The molecule has 162 valence electrons. The first-order valence-electron chi connectivity index (χ1n) is 11.5. The van der Waals surface area contributed by atoms with Crippen LogP contribution in [0.2, 0.25) is 0 Å². The summed E-state index contributed by atoms with van der Waals surface area (Å²) in [5.74, 6) is 0.987. The molecule has 2 N–H and O–H groups in total. The van der Waals surface area contributed by atoms with Crippen molar-refractivity contribution in [2.75, 3.05) is 65.4 Å². The lowest BCUT2D eigenvalue weighted by Crippen LogP contribution is -2.49. The summed E-state index contributed by atoms with van der Waals surface area (Å²) < 4.78 is 0. The van der Waals surface area contributed by atoms with Crippen LogP contribution in [0.4, 0.5) is 0 Å². The van der Waals surface area contributed by atoms with Gasteiger partial charge < -0.3 is 15.5 Å². The largest absolute Gasteiger partial charge is 0.357 e. The van der Waals surface area contributed by atoms with Crippen LogP contribution in [0.1, 0.15) is 32.3 Å². The third-order valence-corrected chi connectivity index (χ3v) is 6.12. The molecule has 0 atom stereocenters. The zero-order valence-electron chi connectivity index (χ0n) is 18.4. The quantitative estimate of drug-likeness (QED) is 0.515. The Kier molecular flexibility index (Phi) is 9.25. The zero-order chi connectivity index (χ0) is 20.3. The van der Waals surface area contributed by atoms with Gasteiger partial charge in [-0.05, 0) is 31.9 Å². The van der Waals surface area contributed by atoms with Crippen LogP contribution in [0.15, 0.2) is 35.3 Å². The highest BCUT2D eigenvalue weighted by molar-refractivity contribution is 5.80. The Morgan fingerprint density at radius 1 is 0.931 bits per heavy atom. The molecule has 0 aliphatic carbocycles. The van der Waals surface area contributed by atoms with E-state index >= 15 is 0 Å². The van der Waals surface area contributed by atoms with Crippen molar-refractivity contribution in [3.8, 4) is 0 Å². The number of benzene rings is 1. The van der Waals surface area contributed by atoms with Crippen LogP contribution in [-0.4, -0.2) is 92.1 Å². The van der Waals surface area contributed by atoms with Gasteiger partial charge in [0.25, 0.3) is 0 Å². The minimum Gasteiger partial charge on any atom is -0.357 e. The van der Waals surface area contributed by atoms with Gasteiger partial charge in [0.2, 0.25) is 0 Å². The van der Waals surface area contributed by atoms with Crippen molar-refractivity contribution in [2.24, 2.45) is 4.99 Å². The van der Waals surface area contributed by atoms with Gasteiger partial charge >= 0.3 is 0 Å². The lowest BCUT2D eigenvalue weighted by atomic mass is 10.0. The molecule has 0 radical (unpaired) electrons. The van der Waals surface area contributed by atoms with E-state index in [1.165, 1.54) is 51.1 Å². The lowest BCUT2D eigenvalue weighted by molar-refractivity contribution is 0.140. The van der Waals surface area contributed by atoms with E-state index in [0.29, 0.717) is 6.04 Å². The number of rotatable bonds is 8. The second-order valence-corrected chi connectivity index (χ2v) is 8.22. The standard InChI is InChI=1S/C23H40N6/c1-3-24-23(25-12-15-28-18-16-27(4-2)17-19-28)26-22-10-13-29(14-11-22)20-21-8-6-5-7-9-21/h5-9,22H,3-4,10-20H2,1-2H3,(H2,24,25,26). The van der Waals surface area contributed by atoms with Crippen LogP contribution in [0.5, 0.6) is 0 Å². The van der Waals surface area contributed by atoms with Crippen molar-refractivity contribution in [2.45, 2.75) is 39.3 Å². The number of nitrogens with one attached hydrogen (secondary N) is 2. The van der Waals surface area contributed by atoms with Gasteiger partial charge in [0.05, 0.1) is 6.54 Å². The van der Waals surface area contributed by atoms with Crippen molar-refractivity contribution in [1.82, 2.24) is 25.3 Å². The Hall–Kier alpha value is -1.63. The molecule has 29 heavy (non-hydrogen) atoms. The third-order valence-electron chi connectivity index (χ3n) is 6.12. The molecule has 1 aromatic rings. The molecule has 2 aliphatic rings. The smallest absolute Gasteiger partial charge is 0.191 e. The number of piperazine rings is 1. The van der Waals surface area contributed by atoms with Crippen molar-refractivity contribution < 1.29 is 0 Å². The van der Waals surface area contributed by atoms with Crippen molar-refractivity contribution in [3.63, 3.8) is 0 Å². The fourth-order valence-corrected chi connectivity index (χ4v) is 4.22. The first-order chi connectivity index (χ1) is 14.3. The monoisotopic (exact) mass is 400 g/mol. The summed E-state index contributed by atoms with van der Waals surface area (Å²) in [6.07, 6.45) is 2.35. The van der Waals surface area contributed by atoms with Gasteiger partial charge in [0.15, 0.2) is 5.96 Å². The van der Waals surface area contributed by atoms with Crippen LogP contribution in [0.25, 0.3) is 0 Å². The fraction of sp³-hybridized carbons (Fsp3) is 0.696. The number of likely N-dealkylation sites (N-methyl/N-ethyl adjacent to an activating group) is 1. The highest BCUT2D eigenvalue weighted by Crippen LogP contribution is 2.13. The Morgan fingerprint density at radius 2 is 1.62 bits per heavy atom. The number of nitrogens with zero attached hydrogens (tertiary/aromatic N) is 4. The van der Waals surface area contributed by atoms with Gasteiger partial charge in [-0.25, -0.2) is 0 Å². The summed E-state index contributed by atoms with van der Waals surface area (Å²) in [5, 5.41) is 7.11. The van der Waals surface area contributed by atoms with Gasteiger partial charge in [-0.15, -0.1) is 0 Å². The predicted octanol–water partition coefficient (Wildman–Crippen LogP) is 1.84. The normalized spacial score (nSPS) is 20.7. The average molecular weight is 401 g/mol. The van der Waals surface area contributed by atoms with Crippen LogP contribution >= 0.6 is 0 Å². The fourth-order valence-electron chi connectivity index (χ4n) is 4.22. The molecule has 0 unspecified atom stereocenters. The average Bonchev–Trinajstić information content (AvgIpc) is 2.76. The van der Waals surface area contributed by atoms with Gasteiger partial charge in [-0.3, -0.25) is 14.8 Å². The SMILES string of the molecule is CCNC(=NCCN1CCN(CC)CC1)NC1CCN(Cc2ccccc2)CC1. The second kappa shape index (κ2) is 12.2. The van der Waals surface area contributed by atoms with Crippen molar-refractivity contribution >= 4 is 5.96 Å². The van der Waals surface area contributed by atoms with Crippen LogP contribution in [0, 0.1) is 0 Å². The molecule has 0 aromatic heterocycles. The van der Waals surface area contributed by atoms with E-state index in [2.05, 4.69) is 69.5 Å². The van der Waals surface area contributed by atoms with E-state index in [9.17, 15) is 0 Å². The molecule has 6 nitrogen and oxygen atoms in total. The van der Waals surface area contributed by atoms with Crippen molar-refractivity contribution in [3.05, 3.63) is 35.9 Å². The predicted molar refractivity (Wildman–Crippen MR) is 122 cm³/mol. The molecule has 0 amide bonds. The highest BCUT2D eigenvalue weighted by Gasteiger charge is 2.20. The number of likely N-dealkylation sites (tertiary alicyclic amines) is 1. The van der Waals surface area contributed by atoms with Crippen LogP contribution in [-0.2, 0) is 6.54 Å². The molecular formula is C23H40N6. The Balaban J connectivity index is 1.38. The lowest BCUT2D eigenvalue weighted by Gasteiger charge is -2.34. The summed E-state index contributed by atoms with van der Waals surface area (Å²) in [4.78, 5) is 12.5. The minimum atomic E-state index is 0.521. The molecule has 2 heterocycles. The van der Waals surface area contributed by atoms with Gasteiger partial charge in [-0.2, -0.15) is 0 Å². The molecule has 1 aromatic carbocycles. The number of hydrogen-bond acceptors (Lipinski definition) is 4. The Labute approximate surface area is 177 Å². The molecule has 0 bridgehead atoms. The summed E-state index contributed by atoms with van der Waals surface area (Å²) in [6, 6.07) is 11.3. The first kappa shape index (κ1) is 22.1. The molecule has 6 heteroatoms. The summed E-state index contributed by atoms with van der Waals surface area (Å²) >= 11 is 0. The maximum atomic E-state index is 4.85. The number of aliphatic imine (C=N–C) groups is 1. The minimum absolute atomic E-state index is 0.521. The number of piperidine rings is 1. The van der Waals surface area contributed by atoms with E-state index < -0.39 is 0 Å². The van der Waals surface area contributed by atoms with E-state index in [1.54, 1.807) is 0 Å². The summed E-state index contributed by atoms with van der Waals surface area (Å²) in [7, 11) is 0. The highest BCUT2D eigenvalue weighted by atomic mass is 15.3. The zero-order valence-corrected chi connectivity index (χ0v) is 18.4. The first-order valence-corrected chi connectivity index (χ1v) is 11.5. The molecule has 2 aliphatic heterocycles. The molecule has 0 saturated carbocycles. The van der Waals surface area contributed by atoms with Crippen molar-refractivity contribution in [1.29, 1.82) is 0 Å². The van der Waals surface area contributed by atoms with Gasteiger partial charge in [0, 0.05) is 64.9 Å².